The van der Waals surface area contributed by atoms with Gasteiger partial charge in [-0.3, -0.25) is 4.79 Å². The van der Waals surface area contributed by atoms with Crippen LogP contribution < -0.4 is 10.1 Å². The lowest BCUT2D eigenvalue weighted by molar-refractivity contribution is -0.116. The van der Waals surface area contributed by atoms with Crippen molar-refractivity contribution in [2.45, 2.75) is 17.2 Å². The van der Waals surface area contributed by atoms with Gasteiger partial charge in [-0.25, -0.2) is 4.98 Å². The zero-order valence-electron chi connectivity index (χ0n) is 14.5. The fraction of sp³-hybridized carbons (Fsp3) is 0.235. The highest BCUT2D eigenvalue weighted by molar-refractivity contribution is 8.01. The van der Waals surface area contributed by atoms with Crippen LogP contribution in [0.5, 0.6) is 5.75 Å². The summed E-state index contributed by atoms with van der Waals surface area (Å²) in [4.78, 5) is 16.6. The molecule has 7 nitrogen and oxygen atoms in total. The second-order valence-electron chi connectivity index (χ2n) is 5.34. The fourth-order valence-corrected chi connectivity index (χ4v) is 4.70. The van der Waals surface area contributed by atoms with Crippen LogP contribution in [0.15, 0.2) is 34.0 Å². The summed E-state index contributed by atoms with van der Waals surface area (Å²) in [6.45, 7) is 1.84. The van der Waals surface area contributed by atoms with E-state index in [9.17, 15) is 10.1 Å². The van der Waals surface area contributed by atoms with Crippen LogP contribution in [-0.4, -0.2) is 33.8 Å². The van der Waals surface area contributed by atoms with Gasteiger partial charge in [0.25, 0.3) is 0 Å². The Labute approximate surface area is 168 Å². The zero-order valence-corrected chi connectivity index (χ0v) is 17.0. The summed E-state index contributed by atoms with van der Waals surface area (Å²) in [6.07, 6.45) is 0. The summed E-state index contributed by atoms with van der Waals surface area (Å²) >= 11 is 3.93. The maximum atomic E-state index is 12.4. The van der Waals surface area contributed by atoms with Crippen molar-refractivity contribution >= 4 is 51.0 Å². The standard InChI is InChI=1S/C17H15N5O2S3/c1-10-8-25-15(19-10)11(7-18)13(23)9-26-17-22-21-16(27-17)20-12-5-3-4-6-14(12)24-2/h3-6,8,11H,9H2,1-2H3,(H,20,21). The summed E-state index contributed by atoms with van der Waals surface area (Å²) in [5, 5.41) is 23.6. The average molecular weight is 418 g/mol. The van der Waals surface area contributed by atoms with Crippen molar-refractivity contribution in [2.75, 3.05) is 18.2 Å². The van der Waals surface area contributed by atoms with Gasteiger partial charge < -0.3 is 10.1 Å². The van der Waals surface area contributed by atoms with Crippen LogP contribution in [0.25, 0.3) is 0 Å². The lowest BCUT2D eigenvalue weighted by atomic mass is 10.1. The molecule has 0 bridgehead atoms. The van der Waals surface area contributed by atoms with E-state index in [1.165, 1.54) is 34.4 Å². The summed E-state index contributed by atoms with van der Waals surface area (Å²) < 4.78 is 5.94. The number of nitrogens with one attached hydrogen (secondary N) is 1. The van der Waals surface area contributed by atoms with Crippen molar-refractivity contribution < 1.29 is 9.53 Å². The number of ether oxygens (including phenoxy) is 1. The van der Waals surface area contributed by atoms with Gasteiger partial charge in [0.2, 0.25) is 5.13 Å². The van der Waals surface area contributed by atoms with Crippen molar-refractivity contribution in [3.8, 4) is 11.8 Å². The van der Waals surface area contributed by atoms with E-state index >= 15 is 0 Å². The summed E-state index contributed by atoms with van der Waals surface area (Å²) in [6, 6.07) is 9.54. The number of nitriles is 1. The van der Waals surface area contributed by atoms with E-state index < -0.39 is 5.92 Å². The minimum atomic E-state index is -0.838. The number of hydrogen-bond donors (Lipinski definition) is 1. The number of nitrogens with zero attached hydrogens (tertiary/aromatic N) is 4. The second-order valence-corrected chi connectivity index (χ2v) is 8.43. The summed E-state index contributed by atoms with van der Waals surface area (Å²) in [7, 11) is 1.60. The Hall–Kier alpha value is -2.48. The molecule has 0 aliphatic heterocycles. The van der Waals surface area contributed by atoms with Gasteiger partial charge in [-0.05, 0) is 19.1 Å². The number of thioether (sulfide) groups is 1. The summed E-state index contributed by atoms with van der Waals surface area (Å²) in [5.41, 5.74) is 1.60. The lowest BCUT2D eigenvalue weighted by Crippen LogP contribution is -2.13. The van der Waals surface area contributed by atoms with Crippen LogP contribution >= 0.6 is 34.4 Å². The Morgan fingerprint density at radius 2 is 2.22 bits per heavy atom. The SMILES string of the molecule is COc1ccccc1Nc1nnc(SCC(=O)C(C#N)c2nc(C)cs2)s1. The molecule has 3 rings (SSSR count). The molecule has 0 fully saturated rings. The molecule has 0 aliphatic rings. The third-order valence-electron chi connectivity index (χ3n) is 3.43. The third kappa shape index (κ3) is 4.82. The highest BCUT2D eigenvalue weighted by atomic mass is 32.2. The first-order valence-electron chi connectivity index (χ1n) is 7.81. The van der Waals surface area contributed by atoms with Crippen LogP contribution in [-0.2, 0) is 4.79 Å². The number of aromatic nitrogens is 3. The van der Waals surface area contributed by atoms with Gasteiger partial charge >= 0.3 is 0 Å². The molecular weight excluding hydrogens is 402 g/mol. The summed E-state index contributed by atoms with van der Waals surface area (Å²) in [5.74, 6) is -0.186. The number of hydrogen-bond acceptors (Lipinski definition) is 10. The quantitative estimate of drug-likeness (QED) is 0.548. The van der Waals surface area contributed by atoms with Crippen molar-refractivity contribution in [1.82, 2.24) is 15.2 Å². The Balaban J connectivity index is 1.61. The number of benzene rings is 1. The van der Waals surface area contributed by atoms with Crippen molar-refractivity contribution in [3.63, 3.8) is 0 Å². The van der Waals surface area contributed by atoms with Crippen molar-refractivity contribution in [2.24, 2.45) is 0 Å². The van der Waals surface area contributed by atoms with E-state index in [4.69, 9.17) is 4.74 Å². The van der Waals surface area contributed by atoms with Crippen LogP contribution in [0.2, 0.25) is 0 Å². The van der Waals surface area contributed by atoms with Gasteiger partial charge in [0.1, 0.15) is 10.8 Å². The zero-order chi connectivity index (χ0) is 19.2. The average Bonchev–Trinajstić information content (AvgIpc) is 3.30. The molecule has 0 amide bonds. The number of rotatable bonds is 8. The fourth-order valence-electron chi connectivity index (χ4n) is 2.17. The molecule has 0 saturated carbocycles. The van der Waals surface area contributed by atoms with Crippen LogP contribution in [0.4, 0.5) is 10.8 Å². The number of anilines is 2. The molecule has 1 aromatic carbocycles. The van der Waals surface area contributed by atoms with Gasteiger partial charge in [-0.1, -0.05) is 35.2 Å². The highest BCUT2D eigenvalue weighted by Gasteiger charge is 2.23. The second kappa shape index (κ2) is 8.94. The molecule has 27 heavy (non-hydrogen) atoms. The Morgan fingerprint density at radius 1 is 1.41 bits per heavy atom. The molecule has 10 heteroatoms. The number of carbonyl (C=O) groups excluding carboxylic acids is 1. The van der Waals surface area contributed by atoms with Gasteiger partial charge in [0, 0.05) is 11.1 Å². The molecule has 1 unspecified atom stereocenters. The van der Waals surface area contributed by atoms with Crippen LogP contribution in [0, 0.1) is 18.3 Å². The van der Waals surface area contributed by atoms with Gasteiger partial charge in [-0.2, -0.15) is 5.26 Å². The first-order chi connectivity index (χ1) is 13.1. The number of thiazole rings is 1. The van der Waals surface area contributed by atoms with E-state index in [2.05, 4.69) is 20.5 Å². The van der Waals surface area contributed by atoms with Crippen molar-refractivity contribution in [3.05, 3.63) is 40.3 Å². The minimum Gasteiger partial charge on any atom is -0.495 e. The maximum Gasteiger partial charge on any atom is 0.210 e. The van der Waals surface area contributed by atoms with E-state index in [-0.39, 0.29) is 11.5 Å². The number of methoxy groups -OCH3 is 1. The predicted molar refractivity (Wildman–Crippen MR) is 107 cm³/mol. The molecule has 1 N–H and O–H groups in total. The third-order valence-corrected chi connectivity index (χ3v) is 6.45. The smallest absolute Gasteiger partial charge is 0.210 e. The molecule has 2 heterocycles. The van der Waals surface area contributed by atoms with Crippen LogP contribution in [0.3, 0.4) is 0 Å². The molecule has 138 valence electrons. The Bertz CT molecular complexity index is 979. The van der Waals surface area contributed by atoms with Gasteiger partial charge in [0.15, 0.2) is 16.0 Å². The van der Waals surface area contributed by atoms with Gasteiger partial charge in [-0.15, -0.1) is 21.5 Å². The number of aryl methyl sites for hydroxylation is 1. The number of Topliss-reactive ketones (excluding diaryl/α,β-unsaturated/α-hetero) is 1. The lowest BCUT2D eigenvalue weighted by Gasteiger charge is -2.07. The van der Waals surface area contributed by atoms with Crippen LogP contribution in [0.1, 0.15) is 16.6 Å². The molecular formula is C17H15N5O2S3. The molecule has 2 aromatic heterocycles. The highest BCUT2D eigenvalue weighted by Crippen LogP contribution is 2.32. The predicted octanol–water partition coefficient (Wildman–Crippen LogP) is 4.02. The molecule has 1 atom stereocenters. The molecule has 0 aliphatic carbocycles. The Kier molecular flexibility index (Phi) is 6.39. The number of ketones is 1. The monoisotopic (exact) mass is 417 g/mol. The van der Waals surface area contributed by atoms with E-state index in [1.54, 1.807) is 7.11 Å². The van der Waals surface area contributed by atoms with E-state index in [1.807, 2.05) is 42.6 Å². The topological polar surface area (TPSA) is 101 Å². The molecule has 0 spiro atoms. The normalized spacial score (nSPS) is 11.6. The first-order valence-corrected chi connectivity index (χ1v) is 10.5. The van der Waals surface area contributed by atoms with Crippen molar-refractivity contribution in [1.29, 1.82) is 5.26 Å². The largest absolute Gasteiger partial charge is 0.495 e. The number of carbonyl (C=O) groups is 1. The van der Waals surface area contributed by atoms with E-state index in [0.29, 0.717) is 20.2 Å². The van der Waals surface area contributed by atoms with Gasteiger partial charge in [0.05, 0.1) is 24.6 Å². The molecule has 3 aromatic rings. The number of para-hydroxylation sites is 2. The first kappa shape index (κ1) is 19.3. The molecule has 0 radical (unpaired) electrons. The maximum absolute atomic E-state index is 12.4. The van der Waals surface area contributed by atoms with E-state index in [0.717, 1.165) is 11.4 Å². The molecule has 0 saturated heterocycles. The Morgan fingerprint density at radius 3 is 2.93 bits per heavy atom. The minimum absolute atomic E-state index is 0.139.